The standard InChI is InChI=1S/C28H56S/c1-5-6-7-8-9-10-11-12-13-14-15-16-17-18-19-20-23-29-28-24-27(25(2)3)22-21-26(28)4/h25-28H,5-24H2,1-4H3. The SMILES string of the molecule is CCCCCCCCCCCCCCCCCCSC1CC(C(C)C)CCC1C. The Morgan fingerprint density at radius 2 is 1.10 bits per heavy atom. The van der Waals surface area contributed by atoms with Crippen molar-refractivity contribution in [2.45, 2.75) is 155 Å². The maximum absolute atomic E-state index is 2.50. The molecule has 1 heteroatoms. The third kappa shape index (κ3) is 14.9. The summed E-state index contributed by atoms with van der Waals surface area (Å²) in [7, 11) is 0. The number of thioether (sulfide) groups is 1. The molecule has 0 heterocycles. The smallest absolute Gasteiger partial charge is 0.00754 e. The molecule has 174 valence electrons. The van der Waals surface area contributed by atoms with E-state index >= 15 is 0 Å². The van der Waals surface area contributed by atoms with Gasteiger partial charge in [-0.05, 0) is 49.2 Å². The molecule has 0 aromatic rings. The molecular formula is C28H56S. The lowest BCUT2D eigenvalue weighted by atomic mass is 9.77. The topological polar surface area (TPSA) is 0 Å². The average molecular weight is 425 g/mol. The van der Waals surface area contributed by atoms with Crippen LogP contribution in [0.5, 0.6) is 0 Å². The van der Waals surface area contributed by atoms with Gasteiger partial charge in [0.1, 0.15) is 0 Å². The Balaban J connectivity index is 1.80. The Labute approximate surface area is 190 Å². The highest BCUT2D eigenvalue weighted by Crippen LogP contribution is 2.39. The highest BCUT2D eigenvalue weighted by atomic mass is 32.2. The van der Waals surface area contributed by atoms with Crippen LogP contribution in [0.3, 0.4) is 0 Å². The fourth-order valence-electron chi connectivity index (χ4n) is 5.03. The van der Waals surface area contributed by atoms with Crippen LogP contribution in [-0.2, 0) is 0 Å². The summed E-state index contributed by atoms with van der Waals surface area (Å²) < 4.78 is 0. The van der Waals surface area contributed by atoms with E-state index in [1.165, 1.54) is 128 Å². The number of hydrogen-bond donors (Lipinski definition) is 0. The van der Waals surface area contributed by atoms with Crippen LogP contribution in [0.1, 0.15) is 150 Å². The minimum Gasteiger partial charge on any atom is -0.158 e. The number of rotatable bonds is 19. The molecule has 0 bridgehead atoms. The van der Waals surface area contributed by atoms with Gasteiger partial charge < -0.3 is 0 Å². The third-order valence-electron chi connectivity index (χ3n) is 7.44. The molecule has 1 rings (SSSR count). The number of unbranched alkanes of at least 4 members (excludes halogenated alkanes) is 15. The Morgan fingerprint density at radius 3 is 1.55 bits per heavy atom. The summed E-state index contributed by atoms with van der Waals surface area (Å²) in [5.41, 5.74) is 0. The van der Waals surface area contributed by atoms with Gasteiger partial charge in [0.05, 0.1) is 0 Å². The third-order valence-corrected chi connectivity index (χ3v) is 9.04. The Bertz CT molecular complexity index is 337. The van der Waals surface area contributed by atoms with E-state index in [9.17, 15) is 0 Å². The summed E-state index contributed by atoms with van der Waals surface area (Å²) in [6.07, 6.45) is 28.0. The summed E-state index contributed by atoms with van der Waals surface area (Å²) in [5, 5.41) is 0.951. The van der Waals surface area contributed by atoms with Crippen molar-refractivity contribution in [1.29, 1.82) is 0 Å². The zero-order chi connectivity index (χ0) is 21.2. The molecule has 29 heavy (non-hydrogen) atoms. The minimum atomic E-state index is 0.890. The van der Waals surface area contributed by atoms with Gasteiger partial charge in [0.2, 0.25) is 0 Å². The highest BCUT2D eigenvalue weighted by Gasteiger charge is 2.29. The second-order valence-corrected chi connectivity index (χ2v) is 11.9. The van der Waals surface area contributed by atoms with E-state index in [1.54, 1.807) is 0 Å². The van der Waals surface area contributed by atoms with Crippen LogP contribution in [0.2, 0.25) is 0 Å². The summed E-state index contributed by atoms with van der Waals surface area (Å²) in [6.45, 7) is 9.66. The van der Waals surface area contributed by atoms with E-state index in [1.807, 2.05) is 0 Å². The molecule has 3 unspecified atom stereocenters. The van der Waals surface area contributed by atoms with Crippen molar-refractivity contribution in [3.63, 3.8) is 0 Å². The van der Waals surface area contributed by atoms with Gasteiger partial charge in [-0.3, -0.25) is 0 Å². The first-order chi connectivity index (χ1) is 14.1. The molecule has 1 aliphatic carbocycles. The van der Waals surface area contributed by atoms with Crippen molar-refractivity contribution in [2.75, 3.05) is 5.75 Å². The van der Waals surface area contributed by atoms with Crippen LogP contribution in [0.4, 0.5) is 0 Å². The van der Waals surface area contributed by atoms with Gasteiger partial charge in [-0.1, -0.05) is 124 Å². The molecular weight excluding hydrogens is 368 g/mol. The predicted molar refractivity (Wildman–Crippen MR) is 137 cm³/mol. The van der Waals surface area contributed by atoms with E-state index in [0.717, 1.165) is 23.0 Å². The molecule has 1 aliphatic rings. The van der Waals surface area contributed by atoms with Gasteiger partial charge in [0, 0.05) is 5.25 Å². The zero-order valence-corrected chi connectivity index (χ0v) is 21.7. The molecule has 0 saturated heterocycles. The van der Waals surface area contributed by atoms with Crippen LogP contribution in [0, 0.1) is 17.8 Å². The van der Waals surface area contributed by atoms with Crippen molar-refractivity contribution in [3.05, 3.63) is 0 Å². The van der Waals surface area contributed by atoms with E-state index < -0.39 is 0 Å². The average Bonchev–Trinajstić information content (AvgIpc) is 2.71. The van der Waals surface area contributed by atoms with E-state index in [0.29, 0.717) is 0 Å². The highest BCUT2D eigenvalue weighted by molar-refractivity contribution is 7.99. The monoisotopic (exact) mass is 424 g/mol. The van der Waals surface area contributed by atoms with Gasteiger partial charge in [0.25, 0.3) is 0 Å². The Morgan fingerprint density at radius 1 is 0.655 bits per heavy atom. The Hall–Kier alpha value is 0.350. The maximum Gasteiger partial charge on any atom is 0.00754 e. The van der Waals surface area contributed by atoms with Gasteiger partial charge >= 0.3 is 0 Å². The summed E-state index contributed by atoms with van der Waals surface area (Å²) in [6, 6.07) is 0. The van der Waals surface area contributed by atoms with Crippen LogP contribution < -0.4 is 0 Å². The molecule has 1 fully saturated rings. The fraction of sp³-hybridized carbons (Fsp3) is 1.00. The molecule has 0 spiro atoms. The second kappa shape index (κ2) is 19.1. The summed E-state index contributed by atoms with van der Waals surface area (Å²) in [5.74, 6) is 4.25. The molecule has 1 saturated carbocycles. The van der Waals surface area contributed by atoms with Gasteiger partial charge in [-0.15, -0.1) is 0 Å². The van der Waals surface area contributed by atoms with Crippen molar-refractivity contribution in [3.8, 4) is 0 Å². The van der Waals surface area contributed by atoms with Gasteiger partial charge in [-0.2, -0.15) is 11.8 Å². The summed E-state index contributed by atoms with van der Waals surface area (Å²) >= 11 is 2.31. The second-order valence-electron chi connectivity index (χ2n) is 10.5. The van der Waals surface area contributed by atoms with Crippen LogP contribution in [0.15, 0.2) is 0 Å². The largest absolute Gasteiger partial charge is 0.158 e. The molecule has 0 radical (unpaired) electrons. The Kier molecular flexibility index (Phi) is 18.0. The lowest BCUT2D eigenvalue weighted by molar-refractivity contribution is 0.242. The first-order valence-corrected chi connectivity index (χ1v) is 14.8. The van der Waals surface area contributed by atoms with Gasteiger partial charge in [-0.25, -0.2) is 0 Å². The quantitative estimate of drug-likeness (QED) is 0.186. The maximum atomic E-state index is 2.50. The molecule has 0 nitrogen and oxygen atoms in total. The van der Waals surface area contributed by atoms with Crippen molar-refractivity contribution in [2.24, 2.45) is 17.8 Å². The van der Waals surface area contributed by atoms with E-state index in [2.05, 4.69) is 39.5 Å². The lowest BCUT2D eigenvalue weighted by Gasteiger charge is -2.36. The van der Waals surface area contributed by atoms with Crippen molar-refractivity contribution >= 4 is 11.8 Å². The van der Waals surface area contributed by atoms with E-state index in [4.69, 9.17) is 0 Å². The van der Waals surface area contributed by atoms with Crippen molar-refractivity contribution < 1.29 is 0 Å². The molecule has 3 atom stereocenters. The van der Waals surface area contributed by atoms with Crippen LogP contribution >= 0.6 is 11.8 Å². The first kappa shape index (κ1) is 27.4. The number of hydrogen-bond acceptors (Lipinski definition) is 1. The fourth-order valence-corrected chi connectivity index (χ4v) is 6.56. The molecule has 0 amide bonds. The lowest BCUT2D eigenvalue weighted by Crippen LogP contribution is -2.28. The summed E-state index contributed by atoms with van der Waals surface area (Å²) in [4.78, 5) is 0. The zero-order valence-electron chi connectivity index (χ0n) is 20.9. The first-order valence-electron chi connectivity index (χ1n) is 13.8. The van der Waals surface area contributed by atoms with E-state index in [-0.39, 0.29) is 0 Å². The molecule has 0 aromatic heterocycles. The normalized spacial score (nSPS) is 22.4. The minimum absolute atomic E-state index is 0.890. The molecule has 0 aliphatic heterocycles. The van der Waals surface area contributed by atoms with Crippen LogP contribution in [-0.4, -0.2) is 11.0 Å². The van der Waals surface area contributed by atoms with Gasteiger partial charge in [0.15, 0.2) is 0 Å². The predicted octanol–water partition coefficient (Wildman–Crippen LogP) is 10.4. The van der Waals surface area contributed by atoms with Crippen molar-refractivity contribution in [1.82, 2.24) is 0 Å². The molecule has 0 N–H and O–H groups in total. The molecule has 0 aromatic carbocycles. The van der Waals surface area contributed by atoms with Crippen LogP contribution in [0.25, 0.3) is 0 Å².